The summed E-state index contributed by atoms with van der Waals surface area (Å²) in [5.74, 6) is 0.0213. The Kier molecular flexibility index (Phi) is 4.80. The molecule has 2 N–H and O–H groups in total. The minimum Gasteiger partial charge on any atom is -0.339 e. The van der Waals surface area contributed by atoms with E-state index in [-0.39, 0.29) is 5.91 Å². The summed E-state index contributed by atoms with van der Waals surface area (Å²) < 4.78 is 0. The highest BCUT2D eigenvalue weighted by atomic mass is 35.5. The number of carbonyl (C=O) groups is 1. The third kappa shape index (κ3) is 3.69. The van der Waals surface area contributed by atoms with Gasteiger partial charge in [-0.1, -0.05) is 29.8 Å². The Morgan fingerprint density at radius 1 is 1.32 bits per heavy atom. The maximum absolute atomic E-state index is 12.3. The lowest BCUT2D eigenvalue weighted by Gasteiger charge is -2.34. The molecule has 1 aromatic carbocycles. The average molecular weight is 282 g/mol. The average Bonchev–Trinajstić information content (AvgIpc) is 2.41. The molecule has 1 fully saturated rings. The number of piperazine rings is 1. The molecule has 4 nitrogen and oxygen atoms in total. The van der Waals surface area contributed by atoms with E-state index in [1.165, 1.54) is 0 Å². The van der Waals surface area contributed by atoms with Gasteiger partial charge >= 0.3 is 0 Å². The normalized spacial score (nSPS) is 18.4. The Labute approximate surface area is 119 Å². The fraction of sp³-hybridized carbons (Fsp3) is 0.500. The zero-order valence-corrected chi connectivity index (χ0v) is 11.9. The number of amides is 1. The maximum Gasteiger partial charge on any atom is 0.239 e. The molecule has 0 bridgehead atoms. The molecule has 2 rings (SSSR count). The van der Waals surface area contributed by atoms with Crippen LogP contribution < -0.4 is 5.73 Å². The number of nitrogens with two attached hydrogens (primary N) is 1. The van der Waals surface area contributed by atoms with Gasteiger partial charge in [0.15, 0.2) is 0 Å². The summed E-state index contributed by atoms with van der Waals surface area (Å²) in [6.45, 7) is 3.33. The summed E-state index contributed by atoms with van der Waals surface area (Å²) in [5, 5.41) is 0.670. The molecule has 1 aliphatic rings. The van der Waals surface area contributed by atoms with E-state index in [1.807, 2.05) is 29.2 Å². The molecule has 1 amide bonds. The Morgan fingerprint density at radius 3 is 2.58 bits per heavy atom. The highest BCUT2D eigenvalue weighted by Gasteiger charge is 2.24. The van der Waals surface area contributed by atoms with Gasteiger partial charge in [0.2, 0.25) is 5.91 Å². The van der Waals surface area contributed by atoms with Crippen LogP contribution in [-0.2, 0) is 11.2 Å². The van der Waals surface area contributed by atoms with Gasteiger partial charge < -0.3 is 15.5 Å². The van der Waals surface area contributed by atoms with Crippen LogP contribution in [0, 0.1) is 0 Å². The van der Waals surface area contributed by atoms with Crippen LogP contribution >= 0.6 is 11.6 Å². The lowest BCUT2D eigenvalue weighted by molar-refractivity contribution is -0.134. The minimum atomic E-state index is -0.511. The largest absolute Gasteiger partial charge is 0.339 e. The van der Waals surface area contributed by atoms with E-state index in [0.717, 1.165) is 31.7 Å². The first-order valence-corrected chi connectivity index (χ1v) is 6.92. The Hall–Kier alpha value is -1.10. The van der Waals surface area contributed by atoms with Gasteiger partial charge in [0.05, 0.1) is 6.04 Å². The maximum atomic E-state index is 12.3. The van der Waals surface area contributed by atoms with E-state index >= 15 is 0 Å². The summed E-state index contributed by atoms with van der Waals surface area (Å²) in [6.07, 6.45) is 0.491. The summed E-state index contributed by atoms with van der Waals surface area (Å²) in [5.41, 5.74) is 6.95. The number of nitrogens with zero attached hydrogens (tertiary/aromatic N) is 2. The molecule has 0 radical (unpaired) electrons. The molecule has 5 heteroatoms. The second-order valence-electron chi connectivity index (χ2n) is 5.03. The van der Waals surface area contributed by atoms with Crippen molar-refractivity contribution in [3.63, 3.8) is 0 Å². The molecule has 19 heavy (non-hydrogen) atoms. The highest BCUT2D eigenvalue weighted by Crippen LogP contribution is 2.17. The van der Waals surface area contributed by atoms with E-state index < -0.39 is 6.04 Å². The molecule has 1 heterocycles. The van der Waals surface area contributed by atoms with Gasteiger partial charge in [-0.25, -0.2) is 0 Å². The number of carbonyl (C=O) groups excluding carboxylic acids is 1. The van der Waals surface area contributed by atoms with Crippen molar-refractivity contribution in [1.29, 1.82) is 0 Å². The SMILES string of the molecule is CN1CCN(C(=O)C(N)Cc2ccccc2Cl)CC1. The first kappa shape index (κ1) is 14.3. The van der Waals surface area contributed by atoms with Crippen molar-refractivity contribution in [2.24, 2.45) is 5.73 Å². The predicted octanol–water partition coefficient (Wildman–Crippen LogP) is 0.984. The van der Waals surface area contributed by atoms with Gasteiger partial charge in [-0.3, -0.25) is 4.79 Å². The molecule has 104 valence electrons. The first-order valence-electron chi connectivity index (χ1n) is 6.54. The Balaban J connectivity index is 1.94. The van der Waals surface area contributed by atoms with Gasteiger partial charge in [0, 0.05) is 31.2 Å². The lowest BCUT2D eigenvalue weighted by atomic mass is 10.1. The molecule has 0 saturated carbocycles. The number of halogens is 1. The predicted molar refractivity (Wildman–Crippen MR) is 77.2 cm³/mol. The van der Waals surface area contributed by atoms with E-state index in [9.17, 15) is 4.79 Å². The summed E-state index contributed by atoms with van der Waals surface area (Å²) in [6, 6.07) is 7.01. The lowest BCUT2D eigenvalue weighted by Crippen LogP contribution is -2.52. The minimum absolute atomic E-state index is 0.0213. The van der Waals surface area contributed by atoms with Crippen molar-refractivity contribution in [2.45, 2.75) is 12.5 Å². The van der Waals surface area contributed by atoms with Crippen LogP contribution in [0.5, 0.6) is 0 Å². The summed E-state index contributed by atoms with van der Waals surface area (Å²) in [4.78, 5) is 16.3. The van der Waals surface area contributed by atoms with Crippen molar-refractivity contribution in [2.75, 3.05) is 33.2 Å². The molecular formula is C14H20ClN3O. The number of hydrogen-bond acceptors (Lipinski definition) is 3. The topological polar surface area (TPSA) is 49.6 Å². The third-order valence-electron chi connectivity index (χ3n) is 3.53. The van der Waals surface area contributed by atoms with E-state index in [0.29, 0.717) is 11.4 Å². The van der Waals surface area contributed by atoms with Crippen LogP contribution in [0.1, 0.15) is 5.56 Å². The molecule has 0 aliphatic carbocycles. The monoisotopic (exact) mass is 281 g/mol. The number of likely N-dealkylation sites (N-methyl/N-ethyl adjacent to an activating group) is 1. The number of hydrogen-bond donors (Lipinski definition) is 1. The van der Waals surface area contributed by atoms with Gasteiger partial charge in [-0.2, -0.15) is 0 Å². The van der Waals surface area contributed by atoms with Crippen LogP contribution in [0.2, 0.25) is 5.02 Å². The fourth-order valence-corrected chi connectivity index (χ4v) is 2.46. The van der Waals surface area contributed by atoms with E-state index in [4.69, 9.17) is 17.3 Å². The molecule has 0 aromatic heterocycles. The molecular weight excluding hydrogens is 262 g/mol. The van der Waals surface area contributed by atoms with Crippen molar-refractivity contribution in [3.8, 4) is 0 Å². The van der Waals surface area contributed by atoms with Crippen LogP contribution in [0.25, 0.3) is 0 Å². The van der Waals surface area contributed by atoms with Gasteiger partial charge in [0.25, 0.3) is 0 Å². The standard InChI is InChI=1S/C14H20ClN3O/c1-17-6-8-18(9-7-17)14(19)13(16)10-11-4-2-3-5-12(11)15/h2-5,13H,6-10,16H2,1H3. The Morgan fingerprint density at radius 2 is 1.95 bits per heavy atom. The van der Waals surface area contributed by atoms with Crippen molar-refractivity contribution in [3.05, 3.63) is 34.9 Å². The first-order chi connectivity index (χ1) is 9.08. The van der Waals surface area contributed by atoms with Crippen LogP contribution in [0.4, 0.5) is 0 Å². The zero-order valence-electron chi connectivity index (χ0n) is 11.2. The fourth-order valence-electron chi connectivity index (χ4n) is 2.25. The van der Waals surface area contributed by atoms with E-state index in [1.54, 1.807) is 0 Å². The molecule has 1 unspecified atom stereocenters. The Bertz CT molecular complexity index is 444. The highest BCUT2D eigenvalue weighted by molar-refractivity contribution is 6.31. The molecule has 0 spiro atoms. The number of benzene rings is 1. The van der Waals surface area contributed by atoms with Crippen LogP contribution in [0.15, 0.2) is 24.3 Å². The molecule has 1 aromatic rings. The van der Waals surface area contributed by atoms with Gasteiger partial charge in [-0.05, 0) is 25.1 Å². The van der Waals surface area contributed by atoms with Gasteiger partial charge in [0.1, 0.15) is 0 Å². The second kappa shape index (κ2) is 6.37. The van der Waals surface area contributed by atoms with E-state index in [2.05, 4.69) is 11.9 Å². The second-order valence-corrected chi connectivity index (χ2v) is 5.44. The van der Waals surface area contributed by atoms with Crippen LogP contribution in [-0.4, -0.2) is 55.0 Å². The summed E-state index contributed by atoms with van der Waals surface area (Å²) >= 11 is 6.09. The summed E-state index contributed by atoms with van der Waals surface area (Å²) in [7, 11) is 2.06. The van der Waals surface area contributed by atoms with Crippen molar-refractivity contribution < 1.29 is 4.79 Å². The number of rotatable bonds is 3. The third-order valence-corrected chi connectivity index (χ3v) is 3.90. The molecule has 1 aliphatic heterocycles. The van der Waals surface area contributed by atoms with Crippen molar-refractivity contribution in [1.82, 2.24) is 9.80 Å². The molecule has 1 atom stereocenters. The van der Waals surface area contributed by atoms with Crippen LogP contribution in [0.3, 0.4) is 0 Å². The zero-order chi connectivity index (χ0) is 13.8. The smallest absolute Gasteiger partial charge is 0.239 e. The van der Waals surface area contributed by atoms with Crippen molar-refractivity contribution >= 4 is 17.5 Å². The van der Waals surface area contributed by atoms with Gasteiger partial charge in [-0.15, -0.1) is 0 Å². The quantitative estimate of drug-likeness (QED) is 0.899. The molecule has 1 saturated heterocycles.